The fourth-order valence-electron chi connectivity index (χ4n) is 3.57. The molecule has 0 saturated carbocycles. The third-order valence-corrected chi connectivity index (χ3v) is 5.50. The second-order valence-corrected chi connectivity index (χ2v) is 8.29. The summed E-state index contributed by atoms with van der Waals surface area (Å²) in [5.74, 6) is 2.61. The van der Waals surface area contributed by atoms with Gasteiger partial charge in [0.05, 0.1) is 20.8 Å². The van der Waals surface area contributed by atoms with Crippen molar-refractivity contribution in [3.8, 4) is 11.5 Å². The summed E-state index contributed by atoms with van der Waals surface area (Å²) in [6.45, 7) is 10.1. The molecule has 1 N–H and O–H groups in total. The van der Waals surface area contributed by atoms with Gasteiger partial charge in [0.25, 0.3) is 5.91 Å². The molecule has 2 heterocycles. The van der Waals surface area contributed by atoms with Gasteiger partial charge in [0, 0.05) is 50.9 Å². The SMILES string of the molecule is COc1ccc(CN2CCN(Cc3nc(C(=O)NCCC(C)C)co3)CC2)c(OC)c1. The van der Waals surface area contributed by atoms with E-state index in [2.05, 4.69) is 40.0 Å². The molecule has 8 heteroatoms. The Labute approximate surface area is 184 Å². The minimum absolute atomic E-state index is 0.172. The van der Waals surface area contributed by atoms with Crippen molar-refractivity contribution in [2.24, 2.45) is 5.92 Å². The molecule has 1 amide bonds. The van der Waals surface area contributed by atoms with Crippen molar-refractivity contribution >= 4 is 5.91 Å². The largest absolute Gasteiger partial charge is 0.497 e. The van der Waals surface area contributed by atoms with Gasteiger partial charge in [-0.1, -0.05) is 19.9 Å². The highest BCUT2D eigenvalue weighted by Gasteiger charge is 2.21. The van der Waals surface area contributed by atoms with E-state index in [9.17, 15) is 4.79 Å². The number of methoxy groups -OCH3 is 2. The van der Waals surface area contributed by atoms with Crippen LogP contribution in [-0.4, -0.2) is 67.6 Å². The van der Waals surface area contributed by atoms with Crippen molar-refractivity contribution in [1.82, 2.24) is 20.1 Å². The van der Waals surface area contributed by atoms with E-state index in [0.29, 0.717) is 30.6 Å². The first-order valence-corrected chi connectivity index (χ1v) is 10.9. The first-order chi connectivity index (χ1) is 15.0. The molecule has 0 unspecified atom stereocenters. The number of aromatic nitrogens is 1. The second kappa shape index (κ2) is 11.2. The zero-order chi connectivity index (χ0) is 22.2. The summed E-state index contributed by atoms with van der Waals surface area (Å²) in [5.41, 5.74) is 1.50. The van der Waals surface area contributed by atoms with Crippen LogP contribution in [0.1, 0.15) is 42.2 Å². The topological polar surface area (TPSA) is 80.1 Å². The fourth-order valence-corrected chi connectivity index (χ4v) is 3.57. The Balaban J connectivity index is 1.45. The number of piperazine rings is 1. The predicted octanol–water partition coefficient (Wildman–Crippen LogP) is 2.79. The van der Waals surface area contributed by atoms with Crippen LogP contribution in [0.3, 0.4) is 0 Å². The van der Waals surface area contributed by atoms with E-state index in [0.717, 1.165) is 56.2 Å². The summed E-state index contributed by atoms with van der Waals surface area (Å²) >= 11 is 0. The molecular formula is C23H34N4O4. The Bertz CT molecular complexity index is 844. The maximum atomic E-state index is 12.2. The standard InChI is InChI=1S/C23H34N4O4/c1-17(2)7-8-24-23(28)20-16-31-22(25-20)15-27-11-9-26(10-12-27)14-18-5-6-19(29-3)13-21(18)30-4/h5-6,13,16-17H,7-12,14-15H2,1-4H3,(H,24,28). The summed E-state index contributed by atoms with van der Waals surface area (Å²) in [6, 6.07) is 5.95. The van der Waals surface area contributed by atoms with E-state index in [1.165, 1.54) is 6.26 Å². The molecule has 170 valence electrons. The van der Waals surface area contributed by atoms with Crippen LogP contribution < -0.4 is 14.8 Å². The molecule has 0 aliphatic carbocycles. The Morgan fingerprint density at radius 3 is 2.48 bits per heavy atom. The van der Waals surface area contributed by atoms with Crippen LogP contribution in [0.15, 0.2) is 28.9 Å². The van der Waals surface area contributed by atoms with Crippen LogP contribution in [0, 0.1) is 5.92 Å². The zero-order valence-corrected chi connectivity index (χ0v) is 19.0. The van der Waals surface area contributed by atoms with Gasteiger partial charge >= 0.3 is 0 Å². The Kier molecular flexibility index (Phi) is 8.31. The average Bonchev–Trinajstić information content (AvgIpc) is 3.23. The van der Waals surface area contributed by atoms with Crippen LogP contribution >= 0.6 is 0 Å². The van der Waals surface area contributed by atoms with Crippen LogP contribution in [0.5, 0.6) is 11.5 Å². The predicted molar refractivity (Wildman–Crippen MR) is 118 cm³/mol. The van der Waals surface area contributed by atoms with Crippen LogP contribution in [0.4, 0.5) is 0 Å². The van der Waals surface area contributed by atoms with E-state index in [4.69, 9.17) is 13.9 Å². The summed E-state index contributed by atoms with van der Waals surface area (Å²) < 4.78 is 16.3. The average molecular weight is 431 g/mol. The molecule has 3 rings (SSSR count). The summed E-state index contributed by atoms with van der Waals surface area (Å²) in [5, 5.41) is 2.89. The van der Waals surface area contributed by atoms with E-state index < -0.39 is 0 Å². The number of nitrogens with one attached hydrogen (secondary N) is 1. The van der Waals surface area contributed by atoms with Crippen molar-refractivity contribution in [2.75, 3.05) is 46.9 Å². The summed E-state index contributed by atoms with van der Waals surface area (Å²) in [4.78, 5) is 21.2. The van der Waals surface area contributed by atoms with Gasteiger partial charge in [0.15, 0.2) is 5.69 Å². The molecule has 1 aliphatic rings. The van der Waals surface area contributed by atoms with E-state index in [1.54, 1.807) is 14.2 Å². The maximum absolute atomic E-state index is 12.2. The molecule has 1 fully saturated rings. The summed E-state index contributed by atoms with van der Waals surface area (Å²) in [6.07, 6.45) is 2.40. The Morgan fingerprint density at radius 1 is 1.13 bits per heavy atom. The van der Waals surface area contributed by atoms with E-state index in [-0.39, 0.29) is 5.91 Å². The number of hydrogen-bond acceptors (Lipinski definition) is 7. The van der Waals surface area contributed by atoms with Gasteiger partial charge in [-0.3, -0.25) is 14.6 Å². The normalized spacial score (nSPS) is 15.3. The van der Waals surface area contributed by atoms with E-state index in [1.807, 2.05) is 12.1 Å². The lowest BCUT2D eigenvalue weighted by Gasteiger charge is -2.34. The van der Waals surface area contributed by atoms with Crippen molar-refractivity contribution in [2.45, 2.75) is 33.4 Å². The Hall–Kier alpha value is -2.58. The van der Waals surface area contributed by atoms with Gasteiger partial charge < -0.3 is 19.2 Å². The first-order valence-electron chi connectivity index (χ1n) is 10.9. The molecule has 0 radical (unpaired) electrons. The molecule has 2 aromatic rings. The fraction of sp³-hybridized carbons (Fsp3) is 0.565. The van der Waals surface area contributed by atoms with Crippen LogP contribution in [0.2, 0.25) is 0 Å². The number of benzene rings is 1. The van der Waals surface area contributed by atoms with Gasteiger partial charge in [0.1, 0.15) is 17.8 Å². The molecule has 0 spiro atoms. The third kappa shape index (κ3) is 6.70. The third-order valence-electron chi connectivity index (χ3n) is 5.50. The molecule has 31 heavy (non-hydrogen) atoms. The molecule has 0 atom stereocenters. The van der Waals surface area contributed by atoms with Crippen molar-refractivity contribution in [1.29, 1.82) is 0 Å². The molecule has 8 nitrogen and oxygen atoms in total. The van der Waals surface area contributed by atoms with Crippen LogP contribution in [-0.2, 0) is 13.1 Å². The highest BCUT2D eigenvalue weighted by Crippen LogP contribution is 2.26. The molecule has 1 aliphatic heterocycles. The molecule has 0 bridgehead atoms. The van der Waals surface area contributed by atoms with Crippen molar-refractivity contribution in [3.05, 3.63) is 41.6 Å². The molecule has 1 aromatic heterocycles. The number of hydrogen-bond donors (Lipinski definition) is 1. The smallest absolute Gasteiger partial charge is 0.273 e. The first kappa shape index (κ1) is 23.1. The lowest BCUT2D eigenvalue weighted by molar-refractivity contribution is 0.0946. The molecule has 1 aromatic carbocycles. The number of ether oxygens (including phenoxy) is 2. The minimum Gasteiger partial charge on any atom is -0.497 e. The molecule has 1 saturated heterocycles. The van der Waals surface area contributed by atoms with Gasteiger partial charge in [-0.15, -0.1) is 0 Å². The van der Waals surface area contributed by atoms with Gasteiger partial charge in [-0.2, -0.15) is 0 Å². The number of oxazole rings is 1. The number of amides is 1. The minimum atomic E-state index is -0.172. The number of nitrogens with zero attached hydrogens (tertiary/aromatic N) is 3. The zero-order valence-electron chi connectivity index (χ0n) is 19.0. The number of carbonyl (C=O) groups is 1. The van der Waals surface area contributed by atoms with Crippen molar-refractivity contribution < 1.29 is 18.7 Å². The van der Waals surface area contributed by atoms with Gasteiger partial charge in [-0.25, -0.2) is 4.98 Å². The van der Waals surface area contributed by atoms with E-state index >= 15 is 0 Å². The maximum Gasteiger partial charge on any atom is 0.273 e. The highest BCUT2D eigenvalue weighted by atomic mass is 16.5. The summed E-state index contributed by atoms with van der Waals surface area (Å²) in [7, 11) is 3.34. The van der Waals surface area contributed by atoms with Gasteiger partial charge in [-0.05, 0) is 18.4 Å². The molecular weight excluding hydrogens is 396 g/mol. The van der Waals surface area contributed by atoms with Crippen molar-refractivity contribution in [3.63, 3.8) is 0 Å². The highest BCUT2D eigenvalue weighted by molar-refractivity contribution is 5.91. The quantitative estimate of drug-likeness (QED) is 0.621. The second-order valence-electron chi connectivity index (χ2n) is 8.29. The van der Waals surface area contributed by atoms with Gasteiger partial charge in [0.2, 0.25) is 5.89 Å². The van der Waals surface area contributed by atoms with Crippen LogP contribution in [0.25, 0.3) is 0 Å². The number of carbonyl (C=O) groups excluding carboxylic acids is 1. The lowest BCUT2D eigenvalue weighted by atomic mass is 10.1. The lowest BCUT2D eigenvalue weighted by Crippen LogP contribution is -2.45. The monoisotopic (exact) mass is 430 g/mol. The Morgan fingerprint density at radius 2 is 1.84 bits per heavy atom. The number of rotatable bonds is 10.